The van der Waals surface area contributed by atoms with Crippen molar-refractivity contribution in [2.75, 3.05) is 18.5 Å². The van der Waals surface area contributed by atoms with E-state index in [0.29, 0.717) is 0 Å². The van der Waals surface area contributed by atoms with E-state index in [1.807, 2.05) is 0 Å². The molecule has 0 bridgehead atoms. The molecule has 0 spiro atoms. The van der Waals surface area contributed by atoms with Crippen LogP contribution in [0.1, 0.15) is 5.56 Å². The van der Waals surface area contributed by atoms with Crippen LogP contribution in [0.15, 0.2) is 6.20 Å². The first-order valence-corrected chi connectivity index (χ1v) is 4.70. The summed E-state index contributed by atoms with van der Waals surface area (Å²) in [5.41, 5.74) is 0.113. The zero-order valence-corrected chi connectivity index (χ0v) is 9.28. The molecule has 18 heavy (non-hydrogen) atoms. The summed E-state index contributed by atoms with van der Waals surface area (Å²) in [6.45, 7) is -2.27. The largest absolute Gasteiger partial charge is 0.411 e. The summed E-state index contributed by atoms with van der Waals surface area (Å²) in [7, 11) is 1.54. The normalized spacial score (nSPS) is 11.1. The lowest BCUT2D eigenvalue weighted by Gasteiger charge is -2.07. The second-order valence-electron chi connectivity index (χ2n) is 3.33. The smallest absolute Gasteiger partial charge is 0.362 e. The van der Waals surface area contributed by atoms with Crippen LogP contribution in [0.5, 0.6) is 0 Å². The van der Waals surface area contributed by atoms with Gasteiger partial charge in [0, 0.05) is 13.2 Å². The van der Waals surface area contributed by atoms with Gasteiger partial charge in [-0.1, -0.05) is 0 Å². The van der Waals surface area contributed by atoms with Crippen molar-refractivity contribution in [3.63, 3.8) is 0 Å². The minimum Gasteiger partial charge on any atom is -0.362 e. The number of alkyl halides is 3. The Hall–Kier alpha value is -2.08. The molecule has 9 heteroatoms. The summed E-state index contributed by atoms with van der Waals surface area (Å²) in [6.07, 6.45) is -3.12. The van der Waals surface area contributed by atoms with E-state index in [4.69, 9.17) is 5.26 Å². The number of nitriles is 1. The van der Waals surface area contributed by atoms with Crippen LogP contribution >= 0.6 is 0 Å². The van der Waals surface area contributed by atoms with Crippen LogP contribution in [0, 0.1) is 11.3 Å². The van der Waals surface area contributed by atoms with Crippen LogP contribution in [-0.2, 0) is 16.6 Å². The zero-order valence-electron chi connectivity index (χ0n) is 9.28. The van der Waals surface area contributed by atoms with Gasteiger partial charge in [0.1, 0.15) is 24.8 Å². The Morgan fingerprint density at radius 1 is 1.67 bits per heavy atom. The second-order valence-corrected chi connectivity index (χ2v) is 3.33. The lowest BCUT2D eigenvalue weighted by molar-refractivity contribution is -0.174. The van der Waals surface area contributed by atoms with Crippen molar-refractivity contribution >= 4 is 11.7 Å². The van der Waals surface area contributed by atoms with Crippen molar-refractivity contribution in [2.24, 2.45) is 7.05 Å². The lowest BCUT2D eigenvalue weighted by atomic mass is 10.3. The molecule has 1 heterocycles. The van der Waals surface area contributed by atoms with Gasteiger partial charge in [-0.05, 0) is 0 Å². The van der Waals surface area contributed by atoms with Gasteiger partial charge >= 0.3 is 6.18 Å². The minimum atomic E-state index is -4.48. The Morgan fingerprint density at radius 3 is 2.89 bits per heavy atom. The van der Waals surface area contributed by atoms with Crippen molar-refractivity contribution in [3.8, 4) is 6.07 Å². The van der Waals surface area contributed by atoms with Gasteiger partial charge < -0.3 is 10.1 Å². The number of aromatic nitrogens is 2. The fourth-order valence-corrected chi connectivity index (χ4v) is 1.09. The first-order valence-electron chi connectivity index (χ1n) is 4.70. The third-order valence-electron chi connectivity index (χ3n) is 1.71. The molecule has 0 aromatic carbocycles. The summed E-state index contributed by atoms with van der Waals surface area (Å²) in [5, 5.41) is 14.6. The molecule has 0 atom stereocenters. The lowest BCUT2D eigenvalue weighted by Crippen LogP contribution is -2.24. The first kappa shape index (κ1) is 14.0. The third kappa shape index (κ3) is 4.42. The van der Waals surface area contributed by atoms with Gasteiger partial charge in [-0.3, -0.25) is 9.48 Å². The molecule has 0 fully saturated rings. The number of anilines is 1. The topological polar surface area (TPSA) is 79.9 Å². The van der Waals surface area contributed by atoms with E-state index in [1.54, 1.807) is 6.07 Å². The molecular formula is C9H9F3N4O2. The number of hydrogen-bond donors (Lipinski definition) is 1. The van der Waals surface area contributed by atoms with Crippen molar-refractivity contribution in [2.45, 2.75) is 6.18 Å². The van der Waals surface area contributed by atoms with Crippen molar-refractivity contribution < 1.29 is 22.7 Å². The molecule has 0 saturated heterocycles. The molecule has 98 valence electrons. The SMILES string of the molecule is Cn1cc(C#N)c(NC(=O)COCC(F)(F)F)n1. The van der Waals surface area contributed by atoms with Gasteiger partial charge in [-0.15, -0.1) is 0 Å². The molecule has 6 nitrogen and oxygen atoms in total. The van der Waals surface area contributed by atoms with Crippen LogP contribution in [0.4, 0.5) is 19.0 Å². The van der Waals surface area contributed by atoms with Crippen LogP contribution in [0.2, 0.25) is 0 Å². The highest BCUT2D eigenvalue weighted by molar-refractivity contribution is 5.91. The molecule has 0 unspecified atom stereocenters. The summed E-state index contributed by atoms with van der Waals surface area (Å²) < 4.78 is 40.7. The molecule has 1 amide bonds. The highest BCUT2D eigenvalue weighted by Crippen LogP contribution is 2.14. The monoisotopic (exact) mass is 262 g/mol. The number of carbonyl (C=O) groups excluding carboxylic acids is 1. The maximum atomic E-state index is 11.7. The number of rotatable bonds is 4. The third-order valence-corrected chi connectivity index (χ3v) is 1.71. The summed E-state index contributed by atoms with van der Waals surface area (Å²) in [5.74, 6) is -0.824. The average Bonchev–Trinajstić information content (AvgIpc) is 2.56. The van der Waals surface area contributed by atoms with Crippen LogP contribution < -0.4 is 5.32 Å². The Morgan fingerprint density at radius 2 is 2.33 bits per heavy atom. The summed E-state index contributed by atoms with van der Waals surface area (Å²) in [4.78, 5) is 11.2. The number of amides is 1. The standard InChI is InChI=1S/C9H9F3N4O2/c1-16-3-6(2-13)8(15-16)14-7(17)4-18-5-9(10,11)12/h3H,4-5H2,1H3,(H,14,15,17). The number of carbonyl (C=O) groups is 1. The number of halogens is 3. The number of nitrogens with one attached hydrogen (secondary N) is 1. The maximum absolute atomic E-state index is 11.7. The summed E-state index contributed by atoms with van der Waals surface area (Å²) >= 11 is 0. The first-order chi connectivity index (χ1) is 8.31. The second kappa shape index (κ2) is 5.50. The molecule has 0 saturated carbocycles. The van der Waals surface area contributed by atoms with Gasteiger partial charge in [-0.25, -0.2) is 0 Å². The number of hydrogen-bond acceptors (Lipinski definition) is 4. The van der Waals surface area contributed by atoms with Crippen LogP contribution in [0.25, 0.3) is 0 Å². The van der Waals surface area contributed by atoms with Gasteiger partial charge in [0.05, 0.1) is 0 Å². The maximum Gasteiger partial charge on any atom is 0.411 e. The highest BCUT2D eigenvalue weighted by Gasteiger charge is 2.27. The Labute approximate surface area is 99.9 Å². The predicted octanol–water partition coefficient (Wildman–Crippen LogP) is 0.809. The molecule has 0 radical (unpaired) electrons. The van der Waals surface area contributed by atoms with Crippen LogP contribution in [-0.4, -0.2) is 35.1 Å². The molecule has 0 aliphatic heterocycles. The van der Waals surface area contributed by atoms with E-state index < -0.39 is 25.3 Å². The molecule has 1 rings (SSSR count). The molecule has 1 N–H and O–H groups in total. The quantitative estimate of drug-likeness (QED) is 0.870. The van der Waals surface area contributed by atoms with Crippen molar-refractivity contribution in [1.82, 2.24) is 9.78 Å². The number of ether oxygens (including phenoxy) is 1. The van der Waals surface area contributed by atoms with Crippen molar-refractivity contribution in [1.29, 1.82) is 5.26 Å². The van der Waals surface area contributed by atoms with Gasteiger partial charge in [-0.2, -0.15) is 23.5 Å². The molecule has 0 aliphatic carbocycles. The minimum absolute atomic E-state index is 0.0133. The fourth-order valence-electron chi connectivity index (χ4n) is 1.09. The van der Waals surface area contributed by atoms with E-state index in [9.17, 15) is 18.0 Å². The average molecular weight is 262 g/mol. The molecular weight excluding hydrogens is 253 g/mol. The van der Waals surface area contributed by atoms with Gasteiger partial charge in [0.2, 0.25) is 0 Å². The predicted molar refractivity (Wildman–Crippen MR) is 53.4 cm³/mol. The number of nitrogens with zero attached hydrogens (tertiary/aromatic N) is 3. The summed E-state index contributed by atoms with van der Waals surface area (Å²) in [6, 6.07) is 1.78. The molecule has 0 aliphatic rings. The van der Waals surface area contributed by atoms with Gasteiger partial charge in [0.15, 0.2) is 5.82 Å². The molecule has 1 aromatic rings. The Kier molecular flexibility index (Phi) is 4.28. The number of aryl methyl sites for hydroxylation is 1. The van der Waals surface area contributed by atoms with E-state index in [2.05, 4.69) is 15.2 Å². The van der Waals surface area contributed by atoms with Crippen molar-refractivity contribution in [3.05, 3.63) is 11.8 Å². The van der Waals surface area contributed by atoms with E-state index in [-0.39, 0.29) is 11.4 Å². The molecule has 1 aromatic heterocycles. The van der Waals surface area contributed by atoms with Gasteiger partial charge in [0.25, 0.3) is 5.91 Å². The Bertz CT molecular complexity index is 475. The van der Waals surface area contributed by atoms with E-state index in [0.717, 1.165) is 0 Å². The van der Waals surface area contributed by atoms with Crippen LogP contribution in [0.3, 0.4) is 0 Å². The zero-order chi connectivity index (χ0) is 13.8. The fraction of sp³-hybridized carbons (Fsp3) is 0.444. The van der Waals surface area contributed by atoms with E-state index >= 15 is 0 Å². The highest BCUT2D eigenvalue weighted by atomic mass is 19.4. The van der Waals surface area contributed by atoms with E-state index in [1.165, 1.54) is 17.9 Å². The Balaban J connectivity index is 2.48.